The minimum Gasteiger partial charge on any atom is -0.339 e. The number of benzene rings is 1. The Labute approximate surface area is 140 Å². The Hall–Kier alpha value is -3.14. The number of rotatable bonds is 3. The van der Waals surface area contributed by atoms with Crippen LogP contribution in [0.1, 0.15) is 12.5 Å². The second kappa shape index (κ2) is 6.96. The molecule has 1 aliphatic rings. The van der Waals surface area contributed by atoms with Crippen molar-refractivity contribution in [2.75, 3.05) is 36.4 Å². The molecule has 1 fully saturated rings. The highest BCUT2D eigenvalue weighted by molar-refractivity contribution is 5.73. The van der Waals surface area contributed by atoms with Crippen molar-refractivity contribution < 1.29 is 4.79 Å². The number of carbonyl (C=O) groups excluding carboxylic acids is 1. The van der Waals surface area contributed by atoms with Crippen LogP contribution in [-0.4, -0.2) is 47.0 Å². The minimum absolute atomic E-state index is 0.0964. The van der Waals surface area contributed by atoms with E-state index in [1.807, 2.05) is 23.1 Å². The number of nitrogens with one attached hydrogen (secondary N) is 1. The normalized spacial score (nSPS) is 14.2. The van der Waals surface area contributed by atoms with Crippen LogP contribution < -0.4 is 10.2 Å². The standard InChI is InChI=1S/C17H18N6O/c1-13(24)22-8-10-23(11-9-22)17-19-7-6-16(21-17)20-15-5-3-2-4-14(15)12-18/h2-7H,8-11H2,1H3,(H,19,20,21). The van der Waals surface area contributed by atoms with Crippen molar-refractivity contribution in [3.8, 4) is 6.07 Å². The summed E-state index contributed by atoms with van der Waals surface area (Å²) in [6.45, 7) is 4.35. The van der Waals surface area contributed by atoms with Gasteiger partial charge >= 0.3 is 0 Å². The molecule has 0 saturated carbocycles. The summed E-state index contributed by atoms with van der Waals surface area (Å²) < 4.78 is 0. The Morgan fingerprint density at radius 1 is 1.21 bits per heavy atom. The van der Waals surface area contributed by atoms with E-state index in [0.29, 0.717) is 49.2 Å². The predicted octanol–water partition coefficient (Wildman–Crippen LogP) is 1.76. The molecule has 1 aromatic carbocycles. The molecule has 3 rings (SSSR count). The highest BCUT2D eigenvalue weighted by Crippen LogP contribution is 2.20. The van der Waals surface area contributed by atoms with Crippen molar-refractivity contribution in [1.29, 1.82) is 5.26 Å². The summed E-state index contributed by atoms with van der Waals surface area (Å²) in [5.74, 6) is 1.36. The summed E-state index contributed by atoms with van der Waals surface area (Å²) >= 11 is 0. The molecule has 1 saturated heterocycles. The van der Waals surface area contributed by atoms with Gasteiger partial charge in [-0.05, 0) is 18.2 Å². The maximum Gasteiger partial charge on any atom is 0.227 e. The van der Waals surface area contributed by atoms with Gasteiger partial charge in [-0.25, -0.2) is 4.98 Å². The van der Waals surface area contributed by atoms with Gasteiger partial charge in [-0.1, -0.05) is 12.1 Å². The smallest absolute Gasteiger partial charge is 0.227 e. The maximum atomic E-state index is 11.4. The molecule has 7 heteroatoms. The zero-order chi connectivity index (χ0) is 16.9. The van der Waals surface area contributed by atoms with Crippen LogP contribution in [-0.2, 0) is 4.79 Å². The first-order valence-electron chi connectivity index (χ1n) is 7.77. The van der Waals surface area contributed by atoms with E-state index in [1.165, 1.54) is 0 Å². The van der Waals surface area contributed by atoms with Gasteiger partial charge in [-0.2, -0.15) is 10.2 Å². The van der Waals surface area contributed by atoms with Gasteiger partial charge in [-0.3, -0.25) is 4.79 Å². The molecule has 2 heterocycles. The Balaban J connectivity index is 1.73. The summed E-state index contributed by atoms with van der Waals surface area (Å²) in [7, 11) is 0. The monoisotopic (exact) mass is 322 g/mol. The third-order valence-corrected chi connectivity index (χ3v) is 3.96. The molecule has 1 aromatic heterocycles. The van der Waals surface area contributed by atoms with E-state index < -0.39 is 0 Å². The lowest BCUT2D eigenvalue weighted by atomic mass is 10.2. The number of anilines is 3. The molecular weight excluding hydrogens is 304 g/mol. The van der Waals surface area contributed by atoms with Gasteiger partial charge in [0.05, 0.1) is 11.3 Å². The number of nitriles is 1. The number of amides is 1. The lowest BCUT2D eigenvalue weighted by Gasteiger charge is -2.34. The van der Waals surface area contributed by atoms with E-state index >= 15 is 0 Å². The van der Waals surface area contributed by atoms with Crippen LogP contribution in [0.15, 0.2) is 36.5 Å². The molecule has 0 unspecified atom stereocenters. The molecular formula is C17H18N6O. The first-order chi connectivity index (χ1) is 11.7. The number of hydrogen-bond acceptors (Lipinski definition) is 6. The molecule has 1 aliphatic heterocycles. The zero-order valence-electron chi connectivity index (χ0n) is 13.4. The highest BCUT2D eigenvalue weighted by Gasteiger charge is 2.20. The molecule has 1 amide bonds. The predicted molar refractivity (Wildman–Crippen MR) is 90.9 cm³/mol. The average molecular weight is 322 g/mol. The van der Waals surface area contributed by atoms with Crippen molar-refractivity contribution >= 4 is 23.4 Å². The Morgan fingerprint density at radius 3 is 2.67 bits per heavy atom. The van der Waals surface area contributed by atoms with Crippen LogP contribution in [0, 0.1) is 11.3 Å². The van der Waals surface area contributed by atoms with Gasteiger partial charge in [0.25, 0.3) is 0 Å². The van der Waals surface area contributed by atoms with Gasteiger partial charge in [0.2, 0.25) is 11.9 Å². The molecule has 0 aliphatic carbocycles. The van der Waals surface area contributed by atoms with Gasteiger partial charge in [-0.15, -0.1) is 0 Å². The number of hydrogen-bond donors (Lipinski definition) is 1. The topological polar surface area (TPSA) is 85.2 Å². The second-order valence-electron chi connectivity index (χ2n) is 5.52. The quantitative estimate of drug-likeness (QED) is 0.927. The SMILES string of the molecule is CC(=O)N1CCN(c2nccc(Nc3ccccc3C#N)n2)CC1. The summed E-state index contributed by atoms with van der Waals surface area (Å²) in [4.78, 5) is 24.1. The largest absolute Gasteiger partial charge is 0.339 e. The van der Waals surface area contributed by atoms with Crippen LogP contribution in [0.25, 0.3) is 0 Å². The highest BCUT2D eigenvalue weighted by atomic mass is 16.2. The minimum atomic E-state index is 0.0964. The summed E-state index contributed by atoms with van der Waals surface area (Å²) in [5, 5.41) is 12.3. The third-order valence-electron chi connectivity index (χ3n) is 3.96. The molecule has 1 N–H and O–H groups in total. The van der Waals surface area contributed by atoms with Gasteiger partial charge < -0.3 is 15.1 Å². The number of carbonyl (C=O) groups is 1. The average Bonchev–Trinajstić information content (AvgIpc) is 2.62. The number of piperazine rings is 1. The number of para-hydroxylation sites is 1. The fraction of sp³-hybridized carbons (Fsp3) is 0.294. The van der Waals surface area contributed by atoms with E-state index in [1.54, 1.807) is 25.3 Å². The van der Waals surface area contributed by atoms with E-state index in [4.69, 9.17) is 5.26 Å². The lowest BCUT2D eigenvalue weighted by molar-refractivity contribution is -0.129. The van der Waals surface area contributed by atoms with Crippen LogP contribution in [0.4, 0.5) is 17.5 Å². The van der Waals surface area contributed by atoms with Crippen molar-refractivity contribution in [2.45, 2.75) is 6.92 Å². The Kier molecular flexibility index (Phi) is 4.57. The van der Waals surface area contributed by atoms with Gasteiger partial charge in [0.1, 0.15) is 11.9 Å². The van der Waals surface area contributed by atoms with Crippen molar-refractivity contribution in [2.24, 2.45) is 0 Å². The Morgan fingerprint density at radius 2 is 1.96 bits per heavy atom. The fourth-order valence-electron chi connectivity index (χ4n) is 2.62. The van der Waals surface area contributed by atoms with Crippen LogP contribution in [0.2, 0.25) is 0 Å². The van der Waals surface area contributed by atoms with Crippen molar-refractivity contribution in [3.63, 3.8) is 0 Å². The molecule has 122 valence electrons. The summed E-state index contributed by atoms with van der Waals surface area (Å²) in [6.07, 6.45) is 1.69. The van der Waals surface area contributed by atoms with E-state index in [2.05, 4.69) is 26.3 Å². The summed E-state index contributed by atoms with van der Waals surface area (Å²) in [6, 6.07) is 11.2. The third kappa shape index (κ3) is 3.43. The van der Waals surface area contributed by atoms with Crippen LogP contribution in [0.3, 0.4) is 0 Å². The molecule has 24 heavy (non-hydrogen) atoms. The Bertz CT molecular complexity index is 777. The van der Waals surface area contributed by atoms with Crippen molar-refractivity contribution in [3.05, 3.63) is 42.1 Å². The summed E-state index contributed by atoms with van der Waals surface area (Å²) in [5.41, 5.74) is 1.28. The molecule has 2 aromatic rings. The maximum absolute atomic E-state index is 11.4. The van der Waals surface area contributed by atoms with Crippen LogP contribution in [0.5, 0.6) is 0 Å². The molecule has 0 bridgehead atoms. The van der Waals surface area contributed by atoms with E-state index in [-0.39, 0.29) is 5.91 Å². The van der Waals surface area contributed by atoms with Crippen molar-refractivity contribution in [1.82, 2.24) is 14.9 Å². The number of nitrogens with zero attached hydrogens (tertiary/aromatic N) is 5. The van der Waals surface area contributed by atoms with Gasteiger partial charge in [0, 0.05) is 39.3 Å². The second-order valence-corrected chi connectivity index (χ2v) is 5.52. The first-order valence-corrected chi connectivity index (χ1v) is 7.77. The number of aromatic nitrogens is 2. The molecule has 0 radical (unpaired) electrons. The van der Waals surface area contributed by atoms with E-state index in [0.717, 1.165) is 0 Å². The van der Waals surface area contributed by atoms with Gasteiger partial charge in [0.15, 0.2) is 0 Å². The molecule has 0 atom stereocenters. The van der Waals surface area contributed by atoms with Crippen LogP contribution >= 0.6 is 0 Å². The lowest BCUT2D eigenvalue weighted by Crippen LogP contribution is -2.48. The fourth-order valence-corrected chi connectivity index (χ4v) is 2.62. The first kappa shape index (κ1) is 15.7. The molecule has 7 nitrogen and oxygen atoms in total. The van der Waals surface area contributed by atoms with E-state index in [9.17, 15) is 4.79 Å². The molecule has 0 spiro atoms. The zero-order valence-corrected chi connectivity index (χ0v) is 13.4.